The number of likely N-dealkylation sites (N-methyl/N-ethyl adjacent to an activating group) is 1. The third-order valence-corrected chi connectivity index (χ3v) is 4.12. The Hall–Kier alpha value is -0.520. The molecule has 2 unspecified atom stereocenters. The summed E-state index contributed by atoms with van der Waals surface area (Å²) in [7, 11) is 1.96. The van der Waals surface area contributed by atoms with E-state index in [0.29, 0.717) is 12.0 Å². The van der Waals surface area contributed by atoms with E-state index in [1.54, 1.807) is 11.3 Å². The summed E-state index contributed by atoms with van der Waals surface area (Å²) in [4.78, 5) is 0. The molecular formula is C11H19N3OS. The maximum atomic E-state index is 5.69. The van der Waals surface area contributed by atoms with Crippen LogP contribution in [0.1, 0.15) is 35.7 Å². The molecule has 5 heteroatoms. The van der Waals surface area contributed by atoms with Crippen LogP contribution in [-0.4, -0.2) is 36.5 Å². The average molecular weight is 241 g/mol. The van der Waals surface area contributed by atoms with Gasteiger partial charge in [0.25, 0.3) is 0 Å². The average Bonchev–Trinajstić information content (AvgIpc) is 2.94. The van der Waals surface area contributed by atoms with Gasteiger partial charge in [-0.05, 0) is 19.9 Å². The Kier molecular flexibility index (Phi) is 4.26. The van der Waals surface area contributed by atoms with Crippen LogP contribution in [0.4, 0.5) is 0 Å². The van der Waals surface area contributed by atoms with Crippen molar-refractivity contribution in [3.63, 3.8) is 0 Å². The highest BCUT2D eigenvalue weighted by molar-refractivity contribution is 7.11. The number of aromatic nitrogens is 2. The number of nitrogens with one attached hydrogen (secondary N) is 1. The Labute approximate surface area is 100 Å². The zero-order valence-electron chi connectivity index (χ0n) is 9.90. The van der Waals surface area contributed by atoms with Crippen molar-refractivity contribution in [2.75, 3.05) is 20.2 Å². The Morgan fingerprint density at radius 2 is 2.38 bits per heavy atom. The second-order valence-corrected chi connectivity index (χ2v) is 5.19. The van der Waals surface area contributed by atoms with Gasteiger partial charge in [0, 0.05) is 25.5 Å². The first kappa shape index (κ1) is 12.0. The topological polar surface area (TPSA) is 47.0 Å². The lowest BCUT2D eigenvalue weighted by atomic mass is 10.0. The first-order chi connectivity index (χ1) is 7.85. The fourth-order valence-electron chi connectivity index (χ4n) is 2.08. The van der Waals surface area contributed by atoms with Crippen LogP contribution in [0.3, 0.4) is 0 Å². The van der Waals surface area contributed by atoms with Gasteiger partial charge >= 0.3 is 0 Å². The molecule has 90 valence electrons. The highest BCUT2D eigenvalue weighted by Gasteiger charge is 2.30. The molecule has 1 aromatic heterocycles. The highest BCUT2D eigenvalue weighted by atomic mass is 32.1. The van der Waals surface area contributed by atoms with E-state index in [0.717, 1.165) is 42.4 Å². The quantitative estimate of drug-likeness (QED) is 0.850. The van der Waals surface area contributed by atoms with Crippen LogP contribution in [0.5, 0.6) is 0 Å². The molecule has 0 bridgehead atoms. The summed E-state index contributed by atoms with van der Waals surface area (Å²) in [6, 6.07) is 0. The third kappa shape index (κ3) is 2.59. The summed E-state index contributed by atoms with van der Waals surface area (Å²) in [6.45, 7) is 4.01. The first-order valence-electron chi connectivity index (χ1n) is 5.93. The largest absolute Gasteiger partial charge is 0.377 e. The van der Waals surface area contributed by atoms with Crippen molar-refractivity contribution in [2.45, 2.75) is 38.2 Å². The number of rotatable bonds is 5. The van der Waals surface area contributed by atoms with Gasteiger partial charge in [-0.1, -0.05) is 6.92 Å². The van der Waals surface area contributed by atoms with Gasteiger partial charge in [0.2, 0.25) is 0 Å². The van der Waals surface area contributed by atoms with Crippen LogP contribution >= 0.6 is 11.3 Å². The highest BCUT2D eigenvalue weighted by Crippen LogP contribution is 2.34. The SMILES string of the molecule is CCC1OCCC1c1nnc(CCNC)s1. The van der Waals surface area contributed by atoms with E-state index >= 15 is 0 Å². The molecule has 1 saturated heterocycles. The summed E-state index contributed by atoms with van der Waals surface area (Å²) in [5.41, 5.74) is 0. The van der Waals surface area contributed by atoms with Crippen molar-refractivity contribution in [1.29, 1.82) is 0 Å². The van der Waals surface area contributed by atoms with Gasteiger partial charge in [-0.3, -0.25) is 0 Å². The van der Waals surface area contributed by atoms with E-state index in [-0.39, 0.29) is 0 Å². The molecule has 1 N–H and O–H groups in total. The number of ether oxygens (including phenoxy) is 1. The van der Waals surface area contributed by atoms with Crippen molar-refractivity contribution < 1.29 is 4.74 Å². The van der Waals surface area contributed by atoms with Crippen molar-refractivity contribution >= 4 is 11.3 Å². The maximum absolute atomic E-state index is 5.69. The second-order valence-electron chi connectivity index (χ2n) is 4.10. The molecule has 0 radical (unpaired) electrons. The molecule has 16 heavy (non-hydrogen) atoms. The standard InChI is InChI=1S/C11H19N3OS/c1-3-9-8(5-7-15-9)11-14-13-10(16-11)4-6-12-2/h8-9,12H,3-7H2,1-2H3. The van der Waals surface area contributed by atoms with Crippen molar-refractivity contribution in [3.05, 3.63) is 10.0 Å². The Morgan fingerprint density at radius 3 is 3.12 bits per heavy atom. The maximum Gasteiger partial charge on any atom is 0.123 e. The Morgan fingerprint density at radius 1 is 1.50 bits per heavy atom. The molecule has 0 aromatic carbocycles. The molecule has 2 atom stereocenters. The minimum atomic E-state index is 0.352. The molecule has 2 rings (SSSR count). The Balaban J connectivity index is 2.00. The van der Waals surface area contributed by atoms with E-state index in [9.17, 15) is 0 Å². The zero-order valence-corrected chi connectivity index (χ0v) is 10.7. The molecule has 0 aliphatic carbocycles. The van der Waals surface area contributed by atoms with Crippen molar-refractivity contribution in [3.8, 4) is 0 Å². The van der Waals surface area contributed by atoms with Gasteiger partial charge in [0.15, 0.2) is 0 Å². The van der Waals surface area contributed by atoms with Gasteiger partial charge in [0.05, 0.1) is 6.10 Å². The van der Waals surface area contributed by atoms with Crippen LogP contribution in [0, 0.1) is 0 Å². The smallest absolute Gasteiger partial charge is 0.123 e. The number of hydrogen-bond donors (Lipinski definition) is 1. The fourth-order valence-corrected chi connectivity index (χ4v) is 3.11. The normalized spacial score (nSPS) is 25.1. The minimum Gasteiger partial charge on any atom is -0.377 e. The summed E-state index contributed by atoms with van der Waals surface area (Å²) < 4.78 is 5.69. The van der Waals surface area contributed by atoms with Gasteiger partial charge in [-0.15, -0.1) is 21.5 Å². The van der Waals surface area contributed by atoms with E-state index in [4.69, 9.17) is 4.74 Å². The van der Waals surface area contributed by atoms with Gasteiger partial charge in [0.1, 0.15) is 10.0 Å². The van der Waals surface area contributed by atoms with E-state index in [1.807, 2.05) is 7.05 Å². The van der Waals surface area contributed by atoms with Gasteiger partial charge < -0.3 is 10.1 Å². The van der Waals surface area contributed by atoms with E-state index in [2.05, 4.69) is 22.4 Å². The molecule has 0 saturated carbocycles. The molecular weight excluding hydrogens is 222 g/mol. The fraction of sp³-hybridized carbons (Fsp3) is 0.818. The van der Waals surface area contributed by atoms with E-state index < -0.39 is 0 Å². The monoisotopic (exact) mass is 241 g/mol. The van der Waals surface area contributed by atoms with Crippen LogP contribution in [-0.2, 0) is 11.2 Å². The van der Waals surface area contributed by atoms with Gasteiger partial charge in [-0.2, -0.15) is 0 Å². The van der Waals surface area contributed by atoms with Crippen LogP contribution < -0.4 is 5.32 Å². The lowest BCUT2D eigenvalue weighted by Crippen LogP contribution is -2.12. The summed E-state index contributed by atoms with van der Waals surface area (Å²) >= 11 is 1.75. The molecule has 4 nitrogen and oxygen atoms in total. The van der Waals surface area contributed by atoms with Crippen molar-refractivity contribution in [2.24, 2.45) is 0 Å². The predicted molar refractivity (Wildman–Crippen MR) is 64.9 cm³/mol. The molecule has 1 aliphatic heterocycles. The van der Waals surface area contributed by atoms with Crippen molar-refractivity contribution in [1.82, 2.24) is 15.5 Å². The molecule has 1 aromatic rings. The Bertz CT molecular complexity index is 329. The molecule has 2 heterocycles. The summed E-state index contributed by atoms with van der Waals surface area (Å²) in [5.74, 6) is 0.478. The van der Waals surface area contributed by atoms with Gasteiger partial charge in [-0.25, -0.2) is 0 Å². The number of hydrogen-bond acceptors (Lipinski definition) is 5. The molecule has 0 spiro atoms. The van der Waals surface area contributed by atoms with Crippen LogP contribution in [0.25, 0.3) is 0 Å². The summed E-state index contributed by atoms with van der Waals surface area (Å²) in [5, 5.41) is 14.0. The molecule has 0 amide bonds. The first-order valence-corrected chi connectivity index (χ1v) is 6.75. The van der Waals surface area contributed by atoms with Crippen LogP contribution in [0.15, 0.2) is 0 Å². The zero-order chi connectivity index (χ0) is 11.4. The second kappa shape index (κ2) is 5.70. The van der Waals surface area contributed by atoms with Crippen LogP contribution in [0.2, 0.25) is 0 Å². The predicted octanol–water partition coefficient (Wildman–Crippen LogP) is 1.58. The molecule has 1 fully saturated rings. The number of nitrogens with zero attached hydrogens (tertiary/aromatic N) is 2. The third-order valence-electron chi connectivity index (χ3n) is 3.00. The summed E-state index contributed by atoms with van der Waals surface area (Å²) in [6.07, 6.45) is 3.48. The van der Waals surface area contributed by atoms with E-state index in [1.165, 1.54) is 0 Å². The lowest BCUT2D eigenvalue weighted by Gasteiger charge is -2.12. The molecule has 1 aliphatic rings. The lowest BCUT2D eigenvalue weighted by molar-refractivity contribution is 0.100. The minimum absolute atomic E-state index is 0.352.